The average Bonchev–Trinajstić information content (AvgIpc) is 2.53. The SMILES string of the molecule is COCCCN(CC(=O)Nc1ccccc1C(=O)OC)S(C)(=O)=O. The van der Waals surface area contributed by atoms with Gasteiger partial charge in [0.1, 0.15) is 0 Å². The van der Waals surface area contributed by atoms with Crippen LogP contribution < -0.4 is 5.32 Å². The number of ether oxygens (including phenoxy) is 2. The average molecular weight is 358 g/mol. The largest absolute Gasteiger partial charge is 0.465 e. The van der Waals surface area contributed by atoms with E-state index in [4.69, 9.17) is 4.74 Å². The van der Waals surface area contributed by atoms with Gasteiger partial charge in [-0.1, -0.05) is 12.1 Å². The third kappa shape index (κ3) is 6.26. The predicted molar refractivity (Wildman–Crippen MR) is 89.3 cm³/mol. The zero-order chi connectivity index (χ0) is 18.2. The maximum Gasteiger partial charge on any atom is 0.339 e. The summed E-state index contributed by atoms with van der Waals surface area (Å²) in [5.74, 6) is -1.14. The number of nitrogens with one attached hydrogen (secondary N) is 1. The Labute approximate surface area is 141 Å². The van der Waals surface area contributed by atoms with Crippen molar-refractivity contribution >= 4 is 27.6 Å². The Morgan fingerprint density at radius 2 is 1.88 bits per heavy atom. The molecule has 1 rings (SSSR count). The summed E-state index contributed by atoms with van der Waals surface area (Å²) >= 11 is 0. The molecule has 0 spiro atoms. The molecule has 0 aliphatic rings. The number of sulfonamides is 1. The van der Waals surface area contributed by atoms with E-state index < -0.39 is 21.9 Å². The van der Waals surface area contributed by atoms with Crippen LogP contribution in [0.4, 0.5) is 5.69 Å². The maximum absolute atomic E-state index is 12.2. The van der Waals surface area contributed by atoms with Crippen LogP contribution in [0.5, 0.6) is 0 Å². The second-order valence-electron chi connectivity index (χ2n) is 5.03. The van der Waals surface area contributed by atoms with Crippen LogP contribution in [0.1, 0.15) is 16.8 Å². The molecule has 0 heterocycles. The van der Waals surface area contributed by atoms with Gasteiger partial charge in [0.2, 0.25) is 15.9 Å². The van der Waals surface area contributed by atoms with Crippen molar-refractivity contribution in [3.8, 4) is 0 Å². The minimum absolute atomic E-state index is 0.165. The topological polar surface area (TPSA) is 102 Å². The molecule has 1 aromatic rings. The normalized spacial score (nSPS) is 11.3. The number of hydrogen-bond acceptors (Lipinski definition) is 6. The molecule has 1 N–H and O–H groups in total. The summed E-state index contributed by atoms with van der Waals surface area (Å²) in [6.07, 6.45) is 1.51. The molecule has 0 aromatic heterocycles. The highest BCUT2D eigenvalue weighted by molar-refractivity contribution is 7.88. The molecule has 9 heteroatoms. The van der Waals surface area contributed by atoms with Gasteiger partial charge >= 0.3 is 5.97 Å². The van der Waals surface area contributed by atoms with Gasteiger partial charge in [0.15, 0.2) is 0 Å². The van der Waals surface area contributed by atoms with E-state index in [2.05, 4.69) is 10.1 Å². The number of rotatable bonds is 9. The predicted octanol–water partition coefficient (Wildman–Crippen LogP) is 0.710. The lowest BCUT2D eigenvalue weighted by Gasteiger charge is -2.19. The standard InChI is InChI=1S/C15H22N2O6S/c1-22-10-6-9-17(24(3,20)21)11-14(18)16-13-8-5-4-7-12(13)15(19)23-2/h4-5,7-8H,6,9-11H2,1-3H3,(H,16,18). The molecule has 0 unspecified atom stereocenters. The number of para-hydroxylation sites is 1. The van der Waals surface area contributed by atoms with E-state index in [1.807, 2.05) is 0 Å². The van der Waals surface area contributed by atoms with Gasteiger partial charge in [-0.3, -0.25) is 4.79 Å². The number of carbonyl (C=O) groups is 2. The van der Waals surface area contributed by atoms with E-state index in [9.17, 15) is 18.0 Å². The number of nitrogens with zero attached hydrogens (tertiary/aromatic N) is 1. The molecule has 8 nitrogen and oxygen atoms in total. The van der Waals surface area contributed by atoms with Crippen LogP contribution in [-0.4, -0.2) is 64.8 Å². The number of amides is 1. The van der Waals surface area contributed by atoms with Gasteiger partial charge in [0, 0.05) is 20.3 Å². The zero-order valence-electron chi connectivity index (χ0n) is 13.9. The monoisotopic (exact) mass is 358 g/mol. The van der Waals surface area contributed by atoms with Crippen molar-refractivity contribution in [1.82, 2.24) is 4.31 Å². The quantitative estimate of drug-likeness (QED) is 0.515. The summed E-state index contributed by atoms with van der Waals surface area (Å²) in [6.45, 7) is 0.204. The summed E-state index contributed by atoms with van der Waals surface area (Å²) in [5, 5.41) is 2.54. The lowest BCUT2D eigenvalue weighted by Crippen LogP contribution is -2.38. The molecule has 0 saturated heterocycles. The Kier molecular flexibility index (Phi) is 7.83. The van der Waals surface area contributed by atoms with Crippen LogP contribution in [0.3, 0.4) is 0 Å². The number of esters is 1. The first-order valence-electron chi connectivity index (χ1n) is 7.21. The second kappa shape index (κ2) is 9.36. The van der Waals surface area contributed by atoms with E-state index >= 15 is 0 Å². The lowest BCUT2D eigenvalue weighted by molar-refractivity contribution is -0.116. The molecule has 0 fully saturated rings. The first kappa shape index (κ1) is 20.1. The summed E-state index contributed by atoms with van der Waals surface area (Å²) in [5.41, 5.74) is 0.457. The first-order chi connectivity index (χ1) is 11.3. The van der Waals surface area contributed by atoms with Gasteiger partial charge in [-0.05, 0) is 18.6 Å². The van der Waals surface area contributed by atoms with Crippen molar-refractivity contribution < 1.29 is 27.5 Å². The van der Waals surface area contributed by atoms with Gasteiger partial charge in [0.05, 0.1) is 31.2 Å². The van der Waals surface area contributed by atoms with E-state index in [-0.39, 0.29) is 24.3 Å². The second-order valence-corrected chi connectivity index (χ2v) is 7.01. The van der Waals surface area contributed by atoms with Gasteiger partial charge in [-0.2, -0.15) is 4.31 Å². The molecule has 134 valence electrons. The third-order valence-electron chi connectivity index (χ3n) is 3.15. The van der Waals surface area contributed by atoms with Crippen molar-refractivity contribution in [3.05, 3.63) is 29.8 Å². The van der Waals surface area contributed by atoms with Crippen molar-refractivity contribution in [2.75, 3.05) is 45.5 Å². The number of anilines is 1. The van der Waals surface area contributed by atoms with E-state index in [1.54, 1.807) is 18.2 Å². The Balaban J connectivity index is 2.81. The fourth-order valence-electron chi connectivity index (χ4n) is 1.98. The number of methoxy groups -OCH3 is 2. The summed E-state index contributed by atoms with van der Waals surface area (Å²) in [6, 6.07) is 6.33. The van der Waals surface area contributed by atoms with E-state index in [0.717, 1.165) is 10.6 Å². The van der Waals surface area contributed by atoms with Crippen molar-refractivity contribution in [3.63, 3.8) is 0 Å². The van der Waals surface area contributed by atoms with Crippen LogP contribution >= 0.6 is 0 Å². The molecule has 1 aromatic carbocycles. The van der Waals surface area contributed by atoms with Crippen LogP contribution in [0.2, 0.25) is 0 Å². The molecule has 0 atom stereocenters. The number of hydrogen-bond donors (Lipinski definition) is 1. The Bertz CT molecular complexity index is 674. The molecular weight excluding hydrogens is 336 g/mol. The van der Waals surface area contributed by atoms with Crippen molar-refractivity contribution in [2.24, 2.45) is 0 Å². The third-order valence-corrected chi connectivity index (χ3v) is 4.40. The Morgan fingerprint density at radius 1 is 1.21 bits per heavy atom. The fourth-order valence-corrected chi connectivity index (χ4v) is 2.79. The van der Waals surface area contributed by atoms with Gasteiger partial charge < -0.3 is 14.8 Å². The zero-order valence-corrected chi connectivity index (χ0v) is 14.8. The molecule has 0 saturated carbocycles. The Hall–Kier alpha value is -1.97. The van der Waals surface area contributed by atoms with Crippen LogP contribution in [0, 0.1) is 0 Å². The highest BCUT2D eigenvalue weighted by atomic mass is 32.2. The van der Waals surface area contributed by atoms with Crippen LogP contribution in [0.15, 0.2) is 24.3 Å². The molecule has 1 amide bonds. The highest BCUT2D eigenvalue weighted by Gasteiger charge is 2.21. The lowest BCUT2D eigenvalue weighted by atomic mass is 10.2. The smallest absolute Gasteiger partial charge is 0.339 e. The Morgan fingerprint density at radius 3 is 2.46 bits per heavy atom. The molecule has 0 radical (unpaired) electrons. The fraction of sp³-hybridized carbons (Fsp3) is 0.467. The van der Waals surface area contributed by atoms with Crippen molar-refractivity contribution in [2.45, 2.75) is 6.42 Å². The van der Waals surface area contributed by atoms with E-state index in [0.29, 0.717) is 13.0 Å². The number of benzene rings is 1. The highest BCUT2D eigenvalue weighted by Crippen LogP contribution is 2.16. The minimum Gasteiger partial charge on any atom is -0.465 e. The maximum atomic E-state index is 12.2. The first-order valence-corrected chi connectivity index (χ1v) is 9.05. The summed E-state index contributed by atoms with van der Waals surface area (Å²) in [7, 11) is -0.785. The van der Waals surface area contributed by atoms with Gasteiger partial charge in [-0.25, -0.2) is 13.2 Å². The molecule has 0 bridgehead atoms. The molecular formula is C15H22N2O6S. The minimum atomic E-state index is -3.54. The van der Waals surface area contributed by atoms with Gasteiger partial charge in [0.25, 0.3) is 0 Å². The number of carbonyl (C=O) groups excluding carboxylic acids is 2. The molecule has 0 aliphatic heterocycles. The van der Waals surface area contributed by atoms with Crippen LogP contribution in [-0.2, 0) is 24.3 Å². The summed E-state index contributed by atoms with van der Waals surface area (Å²) < 4.78 is 34.1. The van der Waals surface area contributed by atoms with E-state index in [1.165, 1.54) is 20.3 Å². The summed E-state index contributed by atoms with van der Waals surface area (Å²) in [4.78, 5) is 23.8. The van der Waals surface area contributed by atoms with Gasteiger partial charge in [-0.15, -0.1) is 0 Å². The van der Waals surface area contributed by atoms with Crippen molar-refractivity contribution in [1.29, 1.82) is 0 Å². The van der Waals surface area contributed by atoms with Crippen LogP contribution in [0.25, 0.3) is 0 Å². The molecule has 0 aliphatic carbocycles. The molecule has 24 heavy (non-hydrogen) atoms.